The van der Waals surface area contributed by atoms with Crippen molar-refractivity contribution < 1.29 is 9.59 Å². The molecule has 2 amide bonds. The van der Waals surface area contributed by atoms with E-state index in [1.165, 1.54) is 0 Å². The Labute approximate surface area is 108 Å². The Bertz CT molecular complexity index is 298. The predicted molar refractivity (Wildman–Crippen MR) is 69.1 cm³/mol. The van der Waals surface area contributed by atoms with Crippen molar-refractivity contribution in [3.63, 3.8) is 0 Å². The molecule has 0 aliphatic carbocycles. The van der Waals surface area contributed by atoms with Gasteiger partial charge >= 0.3 is 0 Å². The Kier molecular flexibility index (Phi) is 5.55. The summed E-state index contributed by atoms with van der Waals surface area (Å²) in [5.41, 5.74) is 7.43. The molecule has 0 bridgehead atoms. The average Bonchev–Trinajstić information content (AvgIpc) is 2.30. The molecule has 5 N–H and O–H groups in total. The molecule has 1 heterocycles. The van der Waals surface area contributed by atoms with Crippen molar-refractivity contribution in [2.75, 3.05) is 13.1 Å². The normalized spacial score (nSPS) is 19.8. The van der Waals surface area contributed by atoms with Gasteiger partial charge in [-0.2, -0.15) is 0 Å². The van der Waals surface area contributed by atoms with E-state index < -0.39 is 0 Å². The molecule has 6 nitrogen and oxygen atoms in total. The molecule has 1 aliphatic heterocycles. The van der Waals surface area contributed by atoms with Gasteiger partial charge in [0.2, 0.25) is 5.91 Å². The minimum absolute atomic E-state index is 0.140. The van der Waals surface area contributed by atoms with Crippen molar-refractivity contribution in [3.05, 3.63) is 0 Å². The second kappa shape index (κ2) is 6.70. The van der Waals surface area contributed by atoms with Gasteiger partial charge in [-0.3, -0.25) is 19.9 Å². The minimum atomic E-state index is -0.242. The van der Waals surface area contributed by atoms with Gasteiger partial charge in [-0.15, -0.1) is 0 Å². The molecule has 1 saturated heterocycles. The number of carbonyl (C=O) groups excluding carboxylic acids is 2. The van der Waals surface area contributed by atoms with Crippen LogP contribution in [0.3, 0.4) is 0 Å². The second-order valence-corrected chi connectivity index (χ2v) is 5.35. The number of nitrogens with zero attached hydrogens (tertiary/aromatic N) is 1. The van der Waals surface area contributed by atoms with Crippen LogP contribution in [0.15, 0.2) is 0 Å². The number of carbonyl (C=O) groups is 2. The van der Waals surface area contributed by atoms with Crippen molar-refractivity contribution in [2.24, 2.45) is 23.4 Å². The average molecular weight is 256 g/mol. The van der Waals surface area contributed by atoms with E-state index in [2.05, 4.69) is 10.3 Å². The SMILES string of the molecule is CC(C)C(C(=O)NN)N1CCC(CC(N)=O)CC1. The molecule has 1 atom stereocenters. The summed E-state index contributed by atoms with van der Waals surface area (Å²) in [4.78, 5) is 24.8. The van der Waals surface area contributed by atoms with E-state index in [1.54, 1.807) is 0 Å². The van der Waals surface area contributed by atoms with Crippen LogP contribution in [-0.4, -0.2) is 35.8 Å². The molecular weight excluding hydrogens is 232 g/mol. The first kappa shape index (κ1) is 14.9. The fraction of sp³-hybridized carbons (Fsp3) is 0.833. The standard InChI is InChI=1S/C12H24N4O2/c1-8(2)11(12(18)15-14)16-5-3-9(4-6-16)7-10(13)17/h8-9,11H,3-7,14H2,1-2H3,(H2,13,17)(H,15,18). The van der Waals surface area contributed by atoms with Crippen LogP contribution in [0.4, 0.5) is 0 Å². The number of amides is 2. The summed E-state index contributed by atoms with van der Waals surface area (Å²) >= 11 is 0. The van der Waals surface area contributed by atoms with Gasteiger partial charge in [0.25, 0.3) is 5.91 Å². The molecule has 0 saturated carbocycles. The number of hydrogen-bond acceptors (Lipinski definition) is 4. The fourth-order valence-corrected chi connectivity index (χ4v) is 2.70. The molecule has 6 heteroatoms. The van der Waals surface area contributed by atoms with E-state index in [-0.39, 0.29) is 23.8 Å². The van der Waals surface area contributed by atoms with Gasteiger partial charge in [-0.05, 0) is 37.8 Å². The van der Waals surface area contributed by atoms with Gasteiger partial charge in [-0.1, -0.05) is 13.8 Å². The van der Waals surface area contributed by atoms with E-state index in [1.807, 2.05) is 13.8 Å². The first-order valence-corrected chi connectivity index (χ1v) is 6.48. The maximum Gasteiger partial charge on any atom is 0.251 e. The van der Waals surface area contributed by atoms with Crippen molar-refractivity contribution >= 4 is 11.8 Å². The molecule has 0 aromatic heterocycles. The number of nitrogens with one attached hydrogen (secondary N) is 1. The largest absolute Gasteiger partial charge is 0.370 e. The van der Waals surface area contributed by atoms with Crippen molar-refractivity contribution in [1.82, 2.24) is 10.3 Å². The van der Waals surface area contributed by atoms with Gasteiger partial charge < -0.3 is 5.73 Å². The maximum absolute atomic E-state index is 11.8. The molecule has 1 unspecified atom stereocenters. The number of primary amides is 1. The summed E-state index contributed by atoms with van der Waals surface area (Å²) in [5.74, 6) is 5.40. The van der Waals surface area contributed by atoms with E-state index in [9.17, 15) is 9.59 Å². The molecule has 18 heavy (non-hydrogen) atoms. The van der Waals surface area contributed by atoms with Crippen LogP contribution in [-0.2, 0) is 9.59 Å². The number of rotatable bonds is 5. The third-order valence-electron chi connectivity index (χ3n) is 3.57. The lowest BCUT2D eigenvalue weighted by molar-refractivity contribution is -0.129. The van der Waals surface area contributed by atoms with Gasteiger partial charge in [0.05, 0.1) is 6.04 Å². The molecule has 1 fully saturated rings. The predicted octanol–water partition coefficient (Wildman–Crippen LogP) is -0.412. The second-order valence-electron chi connectivity index (χ2n) is 5.35. The third kappa shape index (κ3) is 3.96. The Hall–Kier alpha value is -1.14. The maximum atomic E-state index is 11.8. The molecule has 0 spiro atoms. The van der Waals surface area contributed by atoms with Crippen LogP contribution in [0.2, 0.25) is 0 Å². The Morgan fingerprint density at radius 3 is 2.28 bits per heavy atom. The molecule has 0 radical (unpaired) electrons. The van der Waals surface area contributed by atoms with Gasteiger partial charge in [-0.25, -0.2) is 5.84 Å². The van der Waals surface area contributed by atoms with E-state index in [4.69, 9.17) is 11.6 Å². The van der Waals surface area contributed by atoms with Crippen LogP contribution < -0.4 is 17.0 Å². The van der Waals surface area contributed by atoms with E-state index in [0.29, 0.717) is 12.3 Å². The number of piperidine rings is 1. The summed E-state index contributed by atoms with van der Waals surface area (Å²) in [7, 11) is 0. The lowest BCUT2D eigenvalue weighted by Gasteiger charge is -2.38. The van der Waals surface area contributed by atoms with Gasteiger partial charge in [0, 0.05) is 6.42 Å². The Morgan fingerprint density at radius 2 is 1.89 bits per heavy atom. The van der Waals surface area contributed by atoms with Crippen molar-refractivity contribution in [1.29, 1.82) is 0 Å². The third-order valence-corrected chi connectivity index (χ3v) is 3.57. The Morgan fingerprint density at radius 1 is 1.33 bits per heavy atom. The summed E-state index contributed by atoms with van der Waals surface area (Å²) in [6.07, 6.45) is 2.26. The lowest BCUT2D eigenvalue weighted by Crippen LogP contribution is -2.54. The number of hydrogen-bond donors (Lipinski definition) is 3. The van der Waals surface area contributed by atoms with E-state index in [0.717, 1.165) is 25.9 Å². The molecule has 104 valence electrons. The van der Waals surface area contributed by atoms with Crippen molar-refractivity contribution in [3.8, 4) is 0 Å². The van der Waals surface area contributed by atoms with Gasteiger partial charge in [0.15, 0.2) is 0 Å². The summed E-state index contributed by atoms with van der Waals surface area (Å²) in [6, 6.07) is -0.190. The van der Waals surface area contributed by atoms with Crippen LogP contribution in [0, 0.1) is 11.8 Å². The highest BCUT2D eigenvalue weighted by atomic mass is 16.2. The lowest BCUT2D eigenvalue weighted by atomic mass is 9.90. The zero-order valence-corrected chi connectivity index (χ0v) is 11.2. The first-order valence-electron chi connectivity index (χ1n) is 6.48. The molecule has 1 rings (SSSR count). The van der Waals surface area contributed by atoms with Crippen LogP contribution in [0.5, 0.6) is 0 Å². The first-order chi connectivity index (χ1) is 8.45. The quantitative estimate of drug-likeness (QED) is 0.353. The number of nitrogens with two attached hydrogens (primary N) is 2. The summed E-state index contributed by atoms with van der Waals surface area (Å²) < 4.78 is 0. The molecular formula is C12H24N4O2. The van der Waals surface area contributed by atoms with Crippen LogP contribution in [0.25, 0.3) is 0 Å². The zero-order valence-electron chi connectivity index (χ0n) is 11.2. The number of hydrazine groups is 1. The van der Waals surface area contributed by atoms with Crippen molar-refractivity contribution in [2.45, 2.75) is 39.2 Å². The van der Waals surface area contributed by atoms with Gasteiger partial charge in [0.1, 0.15) is 0 Å². The number of likely N-dealkylation sites (tertiary alicyclic amines) is 1. The topological polar surface area (TPSA) is 101 Å². The molecule has 0 aromatic carbocycles. The smallest absolute Gasteiger partial charge is 0.251 e. The van der Waals surface area contributed by atoms with Crippen LogP contribution in [0.1, 0.15) is 33.1 Å². The minimum Gasteiger partial charge on any atom is -0.370 e. The highest BCUT2D eigenvalue weighted by molar-refractivity contribution is 5.81. The fourth-order valence-electron chi connectivity index (χ4n) is 2.70. The zero-order chi connectivity index (χ0) is 13.7. The molecule has 1 aliphatic rings. The monoisotopic (exact) mass is 256 g/mol. The highest BCUT2D eigenvalue weighted by Gasteiger charge is 2.31. The van der Waals surface area contributed by atoms with Crippen LogP contribution >= 0.6 is 0 Å². The highest BCUT2D eigenvalue weighted by Crippen LogP contribution is 2.23. The van der Waals surface area contributed by atoms with E-state index >= 15 is 0 Å². The summed E-state index contributed by atoms with van der Waals surface area (Å²) in [6.45, 7) is 5.65. The molecule has 0 aromatic rings. The Balaban J connectivity index is 2.54. The summed E-state index contributed by atoms with van der Waals surface area (Å²) in [5, 5.41) is 0.